The molecule has 0 aliphatic heterocycles. The number of aryl methyl sites for hydroxylation is 1. The van der Waals surface area contributed by atoms with E-state index in [-0.39, 0.29) is 0 Å². The van der Waals surface area contributed by atoms with Crippen molar-refractivity contribution in [3.05, 3.63) is 83.9 Å². The van der Waals surface area contributed by atoms with E-state index in [1.807, 2.05) is 67.6 Å². The molecule has 3 aromatic carbocycles. The zero-order valence-corrected chi connectivity index (χ0v) is 18.1. The van der Waals surface area contributed by atoms with Crippen LogP contribution < -0.4 is 0 Å². The van der Waals surface area contributed by atoms with Crippen LogP contribution in [0.5, 0.6) is 0 Å². The van der Waals surface area contributed by atoms with Crippen molar-refractivity contribution in [2.24, 2.45) is 0 Å². The molecule has 6 heteroatoms. The van der Waals surface area contributed by atoms with Crippen molar-refractivity contribution in [2.45, 2.75) is 26.7 Å². The van der Waals surface area contributed by atoms with Gasteiger partial charge in [-0.1, -0.05) is 49.7 Å². The van der Waals surface area contributed by atoms with Crippen molar-refractivity contribution in [3.63, 3.8) is 0 Å². The van der Waals surface area contributed by atoms with E-state index in [2.05, 4.69) is 46.4 Å². The van der Waals surface area contributed by atoms with Crippen LogP contribution in [0.15, 0.2) is 81.6 Å². The Labute approximate surface area is 186 Å². The van der Waals surface area contributed by atoms with E-state index < -0.39 is 0 Å². The summed E-state index contributed by atoms with van der Waals surface area (Å²) in [7, 11) is 0. The molecule has 0 radical (unpaired) electrons. The predicted octanol–water partition coefficient (Wildman–Crippen LogP) is 6.55. The Hall–Kier alpha value is -4.06. The first-order chi connectivity index (χ1) is 15.6. The van der Waals surface area contributed by atoms with E-state index in [1.54, 1.807) is 0 Å². The third kappa shape index (κ3) is 3.95. The van der Waals surface area contributed by atoms with Gasteiger partial charge < -0.3 is 8.83 Å². The molecule has 0 aliphatic rings. The van der Waals surface area contributed by atoms with Crippen molar-refractivity contribution in [1.29, 1.82) is 0 Å². The summed E-state index contributed by atoms with van der Waals surface area (Å²) in [6.45, 7) is 6.37. The molecule has 0 aliphatic carbocycles. The quantitative estimate of drug-likeness (QED) is 0.319. The number of hydrogen-bond acceptors (Lipinski definition) is 6. The number of hydrogen-bond donors (Lipinski definition) is 0. The molecule has 32 heavy (non-hydrogen) atoms. The highest BCUT2D eigenvalue weighted by molar-refractivity contribution is 5.66. The lowest BCUT2D eigenvalue weighted by atomic mass is 10.0. The maximum atomic E-state index is 5.94. The number of aromatic nitrogens is 4. The molecule has 0 N–H and O–H groups in total. The van der Waals surface area contributed by atoms with Gasteiger partial charge in [0.2, 0.25) is 23.6 Å². The fraction of sp³-hybridized carbons (Fsp3) is 0.154. The molecule has 2 heterocycles. The molecule has 0 saturated carbocycles. The minimum absolute atomic E-state index is 0.437. The van der Waals surface area contributed by atoms with E-state index in [1.165, 1.54) is 11.1 Å². The van der Waals surface area contributed by atoms with Gasteiger partial charge in [0.1, 0.15) is 0 Å². The van der Waals surface area contributed by atoms with Crippen LogP contribution in [-0.2, 0) is 0 Å². The topological polar surface area (TPSA) is 77.8 Å². The van der Waals surface area contributed by atoms with Gasteiger partial charge in [0, 0.05) is 22.3 Å². The number of benzene rings is 3. The van der Waals surface area contributed by atoms with Crippen LogP contribution in [0.1, 0.15) is 30.9 Å². The highest BCUT2D eigenvalue weighted by Crippen LogP contribution is 2.29. The van der Waals surface area contributed by atoms with Gasteiger partial charge in [-0.15, -0.1) is 20.4 Å². The Bertz CT molecular complexity index is 1350. The minimum atomic E-state index is 0.437. The Morgan fingerprint density at radius 1 is 0.562 bits per heavy atom. The van der Waals surface area contributed by atoms with E-state index >= 15 is 0 Å². The monoisotopic (exact) mass is 422 g/mol. The first kappa shape index (κ1) is 19.9. The van der Waals surface area contributed by atoms with Gasteiger partial charge in [0.25, 0.3) is 0 Å². The molecule has 0 saturated heterocycles. The summed E-state index contributed by atoms with van der Waals surface area (Å²) in [6, 6.07) is 23.8. The van der Waals surface area contributed by atoms with Crippen molar-refractivity contribution in [3.8, 4) is 45.8 Å². The van der Waals surface area contributed by atoms with Crippen molar-refractivity contribution >= 4 is 0 Å². The van der Waals surface area contributed by atoms with Crippen molar-refractivity contribution in [2.75, 3.05) is 0 Å². The molecule has 5 rings (SSSR count). The largest absolute Gasteiger partial charge is 0.416 e. The lowest BCUT2D eigenvalue weighted by molar-refractivity contribution is 0.582. The van der Waals surface area contributed by atoms with Gasteiger partial charge in [-0.05, 0) is 60.9 Å². The van der Waals surface area contributed by atoms with Crippen molar-refractivity contribution < 1.29 is 8.83 Å². The van der Waals surface area contributed by atoms with Gasteiger partial charge in [-0.3, -0.25) is 0 Å². The number of nitrogens with zero attached hydrogens (tertiary/aromatic N) is 4. The van der Waals surface area contributed by atoms with E-state index in [0.29, 0.717) is 29.5 Å². The van der Waals surface area contributed by atoms with Gasteiger partial charge in [0.05, 0.1) is 0 Å². The maximum absolute atomic E-state index is 5.94. The normalized spacial score (nSPS) is 11.2. The Morgan fingerprint density at radius 2 is 1.00 bits per heavy atom. The van der Waals surface area contributed by atoms with Crippen molar-refractivity contribution in [1.82, 2.24) is 20.4 Å². The molecule has 2 aromatic heterocycles. The van der Waals surface area contributed by atoms with Crippen LogP contribution in [0.2, 0.25) is 0 Å². The van der Waals surface area contributed by atoms with Crippen LogP contribution in [0, 0.1) is 6.92 Å². The summed E-state index contributed by atoms with van der Waals surface area (Å²) in [4.78, 5) is 0. The molecule has 0 fully saturated rings. The first-order valence-electron chi connectivity index (χ1n) is 10.5. The van der Waals surface area contributed by atoms with Crippen LogP contribution >= 0.6 is 0 Å². The maximum Gasteiger partial charge on any atom is 0.248 e. The second-order valence-corrected chi connectivity index (χ2v) is 8.05. The average Bonchev–Trinajstić information content (AvgIpc) is 3.50. The Balaban J connectivity index is 1.41. The molecule has 0 unspecified atom stereocenters. The highest BCUT2D eigenvalue weighted by Gasteiger charge is 2.15. The molecule has 5 aromatic rings. The third-order valence-corrected chi connectivity index (χ3v) is 5.33. The fourth-order valence-corrected chi connectivity index (χ4v) is 3.41. The second kappa shape index (κ2) is 8.23. The zero-order valence-electron chi connectivity index (χ0n) is 18.1. The molecule has 0 atom stereocenters. The van der Waals surface area contributed by atoms with Crippen LogP contribution in [-0.4, -0.2) is 20.4 Å². The minimum Gasteiger partial charge on any atom is -0.416 e. The van der Waals surface area contributed by atoms with E-state index in [9.17, 15) is 0 Å². The summed E-state index contributed by atoms with van der Waals surface area (Å²) < 4.78 is 11.8. The summed E-state index contributed by atoms with van der Waals surface area (Å²) in [5, 5.41) is 16.9. The molecule has 6 nitrogen and oxygen atoms in total. The molecule has 158 valence electrons. The van der Waals surface area contributed by atoms with Crippen LogP contribution in [0.3, 0.4) is 0 Å². The summed E-state index contributed by atoms with van der Waals surface area (Å²) >= 11 is 0. The summed E-state index contributed by atoms with van der Waals surface area (Å²) in [5.41, 5.74) is 5.80. The highest BCUT2D eigenvalue weighted by atomic mass is 16.4. The molecule has 0 amide bonds. The Kier molecular flexibility index (Phi) is 5.11. The zero-order chi connectivity index (χ0) is 22.1. The van der Waals surface area contributed by atoms with E-state index in [0.717, 1.165) is 22.3 Å². The average molecular weight is 422 g/mol. The van der Waals surface area contributed by atoms with Gasteiger partial charge in [0.15, 0.2) is 0 Å². The standard InChI is InChI=1S/C26H22N4O2/c1-16(2)18-11-13-20(14-12-18)24-28-30-26(32-24)22-6-4-5-21(15-22)25-29-27-23(31-25)19-9-7-17(3)8-10-19/h4-16H,1-3H3. The third-order valence-electron chi connectivity index (χ3n) is 5.33. The molecule has 0 bridgehead atoms. The van der Waals surface area contributed by atoms with Gasteiger partial charge in [-0.2, -0.15) is 0 Å². The SMILES string of the molecule is Cc1ccc(-c2nnc(-c3cccc(-c4nnc(-c5ccc(C(C)C)cc5)o4)c3)o2)cc1. The predicted molar refractivity (Wildman–Crippen MR) is 123 cm³/mol. The lowest BCUT2D eigenvalue weighted by Gasteiger charge is -2.04. The van der Waals surface area contributed by atoms with Gasteiger partial charge in [-0.25, -0.2) is 0 Å². The smallest absolute Gasteiger partial charge is 0.248 e. The molecule has 0 spiro atoms. The summed E-state index contributed by atoms with van der Waals surface area (Å²) in [6.07, 6.45) is 0. The molecular weight excluding hydrogens is 400 g/mol. The van der Waals surface area contributed by atoms with Crippen LogP contribution in [0.25, 0.3) is 45.8 Å². The second-order valence-electron chi connectivity index (χ2n) is 8.05. The number of rotatable bonds is 5. The summed E-state index contributed by atoms with van der Waals surface area (Å²) in [5.74, 6) is 2.32. The Morgan fingerprint density at radius 3 is 1.47 bits per heavy atom. The van der Waals surface area contributed by atoms with Crippen LogP contribution in [0.4, 0.5) is 0 Å². The first-order valence-corrected chi connectivity index (χ1v) is 10.5. The van der Waals surface area contributed by atoms with E-state index in [4.69, 9.17) is 8.83 Å². The van der Waals surface area contributed by atoms with Gasteiger partial charge >= 0.3 is 0 Å². The fourth-order valence-electron chi connectivity index (χ4n) is 3.41. The lowest BCUT2D eigenvalue weighted by Crippen LogP contribution is -1.86. The molecular formula is C26H22N4O2.